The predicted molar refractivity (Wildman–Crippen MR) is 57.1 cm³/mol. The highest BCUT2D eigenvalue weighted by Crippen LogP contribution is 2.19. The van der Waals surface area contributed by atoms with Crippen molar-refractivity contribution in [1.29, 1.82) is 5.26 Å². The second kappa shape index (κ2) is 4.49. The summed E-state index contributed by atoms with van der Waals surface area (Å²) in [4.78, 5) is 0. The van der Waals surface area contributed by atoms with Crippen molar-refractivity contribution in [3.8, 4) is 6.07 Å². The molecule has 1 aromatic carbocycles. The molecule has 0 spiro atoms. The smallest absolute Gasteiger partial charge is 0.173 e. The molecule has 1 heterocycles. The standard InChI is InChI=1S/C12H9FN2O/c13-9-3-5-10(6-4-9)15-11(8-14)12-2-1-7-16-12/h1-7,11,15H/t11-/m0/s1. The number of halogens is 1. The fraction of sp³-hybridized carbons (Fsp3) is 0.0833. The molecule has 0 amide bonds. The zero-order valence-corrected chi connectivity index (χ0v) is 8.35. The first-order valence-corrected chi connectivity index (χ1v) is 4.75. The van der Waals surface area contributed by atoms with Gasteiger partial charge < -0.3 is 9.73 Å². The molecule has 1 atom stereocenters. The Morgan fingerprint density at radius 3 is 2.56 bits per heavy atom. The first kappa shape index (κ1) is 10.2. The number of nitrogens with one attached hydrogen (secondary N) is 1. The average molecular weight is 216 g/mol. The lowest BCUT2D eigenvalue weighted by Gasteiger charge is -2.10. The molecule has 2 aromatic rings. The van der Waals surface area contributed by atoms with E-state index in [1.165, 1.54) is 18.4 Å². The maximum atomic E-state index is 12.7. The topological polar surface area (TPSA) is 49.0 Å². The van der Waals surface area contributed by atoms with Gasteiger partial charge in [0, 0.05) is 5.69 Å². The van der Waals surface area contributed by atoms with Gasteiger partial charge in [0.05, 0.1) is 12.3 Å². The lowest BCUT2D eigenvalue weighted by Crippen LogP contribution is -2.07. The van der Waals surface area contributed by atoms with Gasteiger partial charge in [-0.2, -0.15) is 5.26 Å². The summed E-state index contributed by atoms with van der Waals surface area (Å²) < 4.78 is 17.8. The van der Waals surface area contributed by atoms with E-state index in [0.29, 0.717) is 11.4 Å². The molecule has 0 aliphatic carbocycles. The van der Waals surface area contributed by atoms with E-state index < -0.39 is 6.04 Å². The van der Waals surface area contributed by atoms with Gasteiger partial charge in [0.25, 0.3) is 0 Å². The monoisotopic (exact) mass is 216 g/mol. The molecule has 1 N–H and O–H groups in total. The van der Waals surface area contributed by atoms with Gasteiger partial charge in [-0.1, -0.05) is 0 Å². The highest BCUT2D eigenvalue weighted by molar-refractivity contribution is 5.46. The van der Waals surface area contributed by atoms with Gasteiger partial charge in [-0.05, 0) is 36.4 Å². The van der Waals surface area contributed by atoms with Gasteiger partial charge in [-0.25, -0.2) is 4.39 Å². The summed E-state index contributed by atoms with van der Waals surface area (Å²) in [5, 5.41) is 11.9. The van der Waals surface area contributed by atoms with Crippen molar-refractivity contribution in [2.24, 2.45) is 0 Å². The predicted octanol–water partition coefficient (Wildman–Crippen LogP) is 3.10. The van der Waals surface area contributed by atoms with E-state index in [-0.39, 0.29) is 5.82 Å². The normalized spacial score (nSPS) is 11.8. The number of nitriles is 1. The molecule has 0 aliphatic rings. The molecule has 0 saturated carbocycles. The van der Waals surface area contributed by atoms with Crippen LogP contribution in [0.15, 0.2) is 47.1 Å². The molecule has 4 heteroatoms. The molecule has 3 nitrogen and oxygen atoms in total. The minimum absolute atomic E-state index is 0.308. The third-order valence-corrected chi connectivity index (χ3v) is 2.11. The number of rotatable bonds is 3. The zero-order chi connectivity index (χ0) is 11.4. The van der Waals surface area contributed by atoms with Crippen molar-refractivity contribution in [3.05, 3.63) is 54.2 Å². The molecule has 0 fully saturated rings. The molecule has 0 saturated heterocycles. The molecule has 0 bridgehead atoms. The van der Waals surface area contributed by atoms with Crippen LogP contribution in [-0.4, -0.2) is 0 Å². The zero-order valence-electron chi connectivity index (χ0n) is 8.35. The van der Waals surface area contributed by atoms with Gasteiger partial charge in [0.1, 0.15) is 11.6 Å². The fourth-order valence-electron chi connectivity index (χ4n) is 1.34. The minimum atomic E-state index is -0.569. The van der Waals surface area contributed by atoms with Gasteiger partial charge in [0.15, 0.2) is 6.04 Å². The van der Waals surface area contributed by atoms with E-state index in [9.17, 15) is 4.39 Å². The van der Waals surface area contributed by atoms with E-state index in [1.54, 1.807) is 24.3 Å². The molecule has 2 rings (SSSR count). The van der Waals surface area contributed by atoms with Gasteiger partial charge >= 0.3 is 0 Å². The first-order valence-electron chi connectivity index (χ1n) is 4.75. The number of hydrogen-bond acceptors (Lipinski definition) is 3. The molecular formula is C12H9FN2O. The van der Waals surface area contributed by atoms with Crippen molar-refractivity contribution >= 4 is 5.69 Å². The van der Waals surface area contributed by atoms with Crippen LogP contribution in [0.3, 0.4) is 0 Å². The number of hydrogen-bond donors (Lipinski definition) is 1. The largest absolute Gasteiger partial charge is 0.466 e. The second-order valence-corrected chi connectivity index (χ2v) is 3.23. The van der Waals surface area contributed by atoms with E-state index in [2.05, 4.69) is 11.4 Å². The lowest BCUT2D eigenvalue weighted by atomic mass is 10.2. The number of benzene rings is 1. The lowest BCUT2D eigenvalue weighted by molar-refractivity contribution is 0.505. The fourth-order valence-corrected chi connectivity index (χ4v) is 1.34. The number of nitrogens with zero attached hydrogens (tertiary/aromatic N) is 1. The molecule has 1 aromatic heterocycles. The summed E-state index contributed by atoms with van der Waals surface area (Å²) in [5.41, 5.74) is 0.671. The summed E-state index contributed by atoms with van der Waals surface area (Å²) in [6.45, 7) is 0. The van der Waals surface area contributed by atoms with E-state index in [1.807, 2.05) is 0 Å². The Morgan fingerprint density at radius 2 is 2.00 bits per heavy atom. The minimum Gasteiger partial charge on any atom is -0.466 e. The van der Waals surface area contributed by atoms with Crippen molar-refractivity contribution in [3.63, 3.8) is 0 Å². The van der Waals surface area contributed by atoms with Crippen LogP contribution in [0.4, 0.5) is 10.1 Å². The van der Waals surface area contributed by atoms with Gasteiger partial charge in [0.2, 0.25) is 0 Å². The maximum Gasteiger partial charge on any atom is 0.173 e. The summed E-state index contributed by atoms with van der Waals surface area (Å²) in [7, 11) is 0. The summed E-state index contributed by atoms with van der Waals surface area (Å²) in [6, 6.07) is 10.7. The Morgan fingerprint density at radius 1 is 1.25 bits per heavy atom. The van der Waals surface area contributed by atoms with E-state index >= 15 is 0 Å². The van der Waals surface area contributed by atoms with E-state index in [4.69, 9.17) is 9.68 Å². The Balaban J connectivity index is 2.14. The van der Waals surface area contributed by atoms with Crippen LogP contribution in [0.1, 0.15) is 11.8 Å². The molecule has 80 valence electrons. The Labute approximate surface area is 92.1 Å². The molecule has 0 unspecified atom stereocenters. The second-order valence-electron chi connectivity index (χ2n) is 3.23. The van der Waals surface area contributed by atoms with Crippen LogP contribution in [0.5, 0.6) is 0 Å². The van der Waals surface area contributed by atoms with Gasteiger partial charge in [-0.15, -0.1) is 0 Å². The highest BCUT2D eigenvalue weighted by Gasteiger charge is 2.12. The molecule has 16 heavy (non-hydrogen) atoms. The van der Waals surface area contributed by atoms with Crippen molar-refractivity contribution in [2.75, 3.05) is 5.32 Å². The van der Waals surface area contributed by atoms with Crippen LogP contribution in [-0.2, 0) is 0 Å². The third-order valence-electron chi connectivity index (χ3n) is 2.11. The van der Waals surface area contributed by atoms with Crippen molar-refractivity contribution in [2.45, 2.75) is 6.04 Å². The van der Waals surface area contributed by atoms with Crippen LogP contribution in [0, 0.1) is 17.1 Å². The van der Waals surface area contributed by atoms with Gasteiger partial charge in [-0.3, -0.25) is 0 Å². The first-order chi connectivity index (χ1) is 7.79. The van der Waals surface area contributed by atoms with Crippen LogP contribution >= 0.6 is 0 Å². The summed E-state index contributed by atoms with van der Waals surface area (Å²) in [6.07, 6.45) is 1.51. The number of furan rings is 1. The summed E-state index contributed by atoms with van der Waals surface area (Å²) in [5.74, 6) is 0.226. The van der Waals surface area contributed by atoms with Crippen LogP contribution in [0.25, 0.3) is 0 Å². The maximum absolute atomic E-state index is 12.7. The highest BCUT2D eigenvalue weighted by atomic mass is 19.1. The average Bonchev–Trinajstić information content (AvgIpc) is 2.82. The SMILES string of the molecule is N#C[C@H](Nc1ccc(F)cc1)c1ccco1. The quantitative estimate of drug-likeness (QED) is 0.857. The summed E-state index contributed by atoms with van der Waals surface area (Å²) >= 11 is 0. The van der Waals surface area contributed by atoms with E-state index in [0.717, 1.165) is 0 Å². The van der Waals surface area contributed by atoms with Crippen molar-refractivity contribution < 1.29 is 8.81 Å². The van der Waals surface area contributed by atoms with Crippen LogP contribution in [0.2, 0.25) is 0 Å². The molecule has 0 aliphatic heterocycles. The Bertz CT molecular complexity index is 485. The van der Waals surface area contributed by atoms with Crippen LogP contribution < -0.4 is 5.32 Å². The van der Waals surface area contributed by atoms with Crippen molar-refractivity contribution in [1.82, 2.24) is 0 Å². The Kier molecular flexibility index (Phi) is 2.88. The third kappa shape index (κ3) is 2.20. The molecular weight excluding hydrogens is 207 g/mol. The Hall–Kier alpha value is -2.28. The number of anilines is 1. The molecule has 0 radical (unpaired) electrons.